The standard InChI is InChI=1S/C18H28N2O4.ClH/c1-22-14-10-13(11-15(23-2)17(14)24-3)6-7-16(21)20-18(12-19)8-4-5-9-18;/h10-11H,4-9,12,19H2,1-3H3,(H,20,21);1H. The van der Waals surface area contributed by atoms with Gasteiger partial charge in [0, 0.05) is 13.0 Å². The van der Waals surface area contributed by atoms with Crippen LogP contribution >= 0.6 is 12.4 Å². The highest BCUT2D eigenvalue weighted by atomic mass is 35.5. The Balaban J connectivity index is 0.00000312. The zero-order chi connectivity index (χ0) is 17.6. The molecule has 0 atom stereocenters. The summed E-state index contributed by atoms with van der Waals surface area (Å²) in [5.74, 6) is 1.79. The van der Waals surface area contributed by atoms with Gasteiger partial charge in [0.1, 0.15) is 0 Å². The average molecular weight is 373 g/mol. The van der Waals surface area contributed by atoms with E-state index in [0.29, 0.717) is 36.6 Å². The first-order valence-electron chi connectivity index (χ1n) is 8.37. The molecule has 0 aliphatic heterocycles. The third-order valence-electron chi connectivity index (χ3n) is 4.72. The van der Waals surface area contributed by atoms with Gasteiger partial charge in [0.25, 0.3) is 0 Å². The number of methoxy groups -OCH3 is 3. The van der Waals surface area contributed by atoms with Gasteiger partial charge in [-0.15, -0.1) is 12.4 Å². The molecule has 25 heavy (non-hydrogen) atoms. The number of halogens is 1. The van der Waals surface area contributed by atoms with Gasteiger partial charge in [-0.2, -0.15) is 0 Å². The van der Waals surface area contributed by atoms with Crippen molar-refractivity contribution in [3.05, 3.63) is 17.7 Å². The first-order valence-corrected chi connectivity index (χ1v) is 8.37. The quantitative estimate of drug-likeness (QED) is 0.732. The molecule has 0 radical (unpaired) electrons. The Kier molecular flexibility index (Phi) is 8.32. The maximum absolute atomic E-state index is 12.3. The zero-order valence-corrected chi connectivity index (χ0v) is 16.0. The van der Waals surface area contributed by atoms with E-state index in [2.05, 4.69) is 5.32 Å². The molecule has 142 valence electrons. The number of amides is 1. The minimum Gasteiger partial charge on any atom is -0.493 e. The molecule has 1 amide bonds. The predicted octanol–water partition coefficient (Wildman–Crippen LogP) is 2.45. The molecule has 0 aromatic heterocycles. The van der Waals surface area contributed by atoms with E-state index < -0.39 is 0 Å². The van der Waals surface area contributed by atoms with Crippen molar-refractivity contribution >= 4 is 18.3 Å². The van der Waals surface area contributed by atoms with Crippen molar-refractivity contribution in [3.63, 3.8) is 0 Å². The summed E-state index contributed by atoms with van der Waals surface area (Å²) < 4.78 is 16.0. The van der Waals surface area contributed by atoms with Crippen molar-refractivity contribution in [2.75, 3.05) is 27.9 Å². The molecule has 1 saturated carbocycles. The molecule has 7 heteroatoms. The van der Waals surface area contributed by atoms with Crippen LogP contribution in [0.25, 0.3) is 0 Å². The summed E-state index contributed by atoms with van der Waals surface area (Å²) in [6.45, 7) is 0.503. The Hall–Kier alpha value is -1.66. The van der Waals surface area contributed by atoms with Crippen molar-refractivity contribution in [1.29, 1.82) is 0 Å². The van der Waals surface area contributed by atoms with Gasteiger partial charge in [-0.3, -0.25) is 4.79 Å². The minimum atomic E-state index is -0.202. The van der Waals surface area contributed by atoms with E-state index in [4.69, 9.17) is 19.9 Å². The van der Waals surface area contributed by atoms with Crippen LogP contribution in [0.5, 0.6) is 17.2 Å². The van der Waals surface area contributed by atoms with Gasteiger partial charge in [-0.25, -0.2) is 0 Å². The van der Waals surface area contributed by atoms with E-state index in [-0.39, 0.29) is 23.9 Å². The molecule has 2 rings (SSSR count). The molecule has 0 unspecified atom stereocenters. The van der Waals surface area contributed by atoms with Crippen molar-refractivity contribution in [1.82, 2.24) is 5.32 Å². The number of aryl methyl sites for hydroxylation is 1. The molecule has 0 heterocycles. The number of nitrogens with two attached hydrogens (primary N) is 1. The molecule has 1 fully saturated rings. The average Bonchev–Trinajstić information content (AvgIpc) is 3.07. The van der Waals surface area contributed by atoms with Crippen LogP contribution in [0.1, 0.15) is 37.7 Å². The number of nitrogens with one attached hydrogen (secondary N) is 1. The molecule has 1 aromatic carbocycles. The highest BCUT2D eigenvalue weighted by Gasteiger charge is 2.33. The molecule has 3 N–H and O–H groups in total. The van der Waals surface area contributed by atoms with Gasteiger partial charge < -0.3 is 25.3 Å². The third-order valence-corrected chi connectivity index (χ3v) is 4.72. The topological polar surface area (TPSA) is 82.8 Å². The van der Waals surface area contributed by atoms with Gasteiger partial charge in [0.2, 0.25) is 11.7 Å². The molecule has 6 nitrogen and oxygen atoms in total. The molecule has 0 saturated heterocycles. The fraction of sp³-hybridized carbons (Fsp3) is 0.611. The first kappa shape index (κ1) is 21.4. The minimum absolute atomic E-state index is 0. The summed E-state index contributed by atoms with van der Waals surface area (Å²) >= 11 is 0. The van der Waals surface area contributed by atoms with E-state index in [1.165, 1.54) is 0 Å². The fourth-order valence-electron chi connectivity index (χ4n) is 3.33. The van der Waals surface area contributed by atoms with Gasteiger partial charge in [-0.1, -0.05) is 12.8 Å². The number of hydrogen-bond donors (Lipinski definition) is 2. The molecular formula is C18H29ClN2O4. The molecule has 1 aliphatic rings. The Bertz CT molecular complexity index is 549. The summed E-state index contributed by atoms with van der Waals surface area (Å²) in [7, 11) is 4.74. The fourth-order valence-corrected chi connectivity index (χ4v) is 3.33. The summed E-state index contributed by atoms with van der Waals surface area (Å²) in [5.41, 5.74) is 6.63. The van der Waals surface area contributed by atoms with E-state index in [0.717, 1.165) is 31.2 Å². The van der Waals surface area contributed by atoms with Crippen LogP contribution in [-0.4, -0.2) is 39.3 Å². The van der Waals surface area contributed by atoms with Gasteiger partial charge >= 0.3 is 0 Å². The second kappa shape index (κ2) is 9.73. The first-order chi connectivity index (χ1) is 11.6. The van der Waals surface area contributed by atoms with Crippen LogP contribution in [0.2, 0.25) is 0 Å². The second-order valence-electron chi connectivity index (χ2n) is 6.27. The van der Waals surface area contributed by atoms with Crippen LogP contribution < -0.4 is 25.3 Å². The smallest absolute Gasteiger partial charge is 0.220 e. The SMILES string of the molecule is COc1cc(CCC(=O)NC2(CN)CCCC2)cc(OC)c1OC.Cl. The molecule has 1 aliphatic carbocycles. The monoisotopic (exact) mass is 372 g/mol. The summed E-state index contributed by atoms with van der Waals surface area (Å²) in [5, 5.41) is 3.14. The Morgan fingerprint density at radius 3 is 2.12 bits per heavy atom. The largest absolute Gasteiger partial charge is 0.493 e. The van der Waals surface area contributed by atoms with Crippen LogP contribution in [0.3, 0.4) is 0 Å². The van der Waals surface area contributed by atoms with E-state index in [1.807, 2.05) is 12.1 Å². The van der Waals surface area contributed by atoms with Crippen LogP contribution in [0.4, 0.5) is 0 Å². The van der Waals surface area contributed by atoms with Gasteiger partial charge in [0.15, 0.2) is 11.5 Å². The van der Waals surface area contributed by atoms with Gasteiger partial charge in [-0.05, 0) is 37.0 Å². The third kappa shape index (κ3) is 5.16. The lowest BCUT2D eigenvalue weighted by Gasteiger charge is -2.28. The highest BCUT2D eigenvalue weighted by molar-refractivity contribution is 5.85. The number of carbonyl (C=O) groups is 1. The lowest BCUT2D eigenvalue weighted by atomic mass is 9.97. The van der Waals surface area contributed by atoms with E-state index in [9.17, 15) is 4.79 Å². The highest BCUT2D eigenvalue weighted by Crippen LogP contribution is 2.38. The van der Waals surface area contributed by atoms with Crippen LogP contribution in [0.15, 0.2) is 12.1 Å². The molecule has 0 bridgehead atoms. The van der Waals surface area contributed by atoms with Crippen molar-refractivity contribution in [2.45, 2.75) is 44.1 Å². The number of ether oxygens (including phenoxy) is 3. The molecule has 1 aromatic rings. The lowest BCUT2D eigenvalue weighted by Crippen LogP contribution is -2.51. The maximum atomic E-state index is 12.3. The predicted molar refractivity (Wildman–Crippen MR) is 100 cm³/mol. The van der Waals surface area contributed by atoms with Crippen molar-refractivity contribution in [2.24, 2.45) is 5.73 Å². The number of hydrogen-bond acceptors (Lipinski definition) is 5. The van der Waals surface area contributed by atoms with Gasteiger partial charge in [0.05, 0.1) is 26.9 Å². The summed E-state index contributed by atoms with van der Waals surface area (Å²) in [4.78, 5) is 12.3. The maximum Gasteiger partial charge on any atom is 0.220 e. The van der Waals surface area contributed by atoms with Crippen LogP contribution in [-0.2, 0) is 11.2 Å². The Morgan fingerprint density at radius 2 is 1.68 bits per heavy atom. The van der Waals surface area contributed by atoms with Crippen LogP contribution in [0, 0.1) is 0 Å². The Labute approximate surface area is 155 Å². The van der Waals surface area contributed by atoms with Crippen molar-refractivity contribution < 1.29 is 19.0 Å². The van der Waals surface area contributed by atoms with Crippen molar-refractivity contribution in [3.8, 4) is 17.2 Å². The zero-order valence-electron chi connectivity index (χ0n) is 15.2. The number of carbonyl (C=O) groups excluding carboxylic acids is 1. The van der Waals surface area contributed by atoms with E-state index >= 15 is 0 Å². The summed E-state index contributed by atoms with van der Waals surface area (Å²) in [6, 6.07) is 3.76. The lowest BCUT2D eigenvalue weighted by molar-refractivity contribution is -0.122. The van der Waals surface area contributed by atoms with E-state index in [1.54, 1.807) is 21.3 Å². The summed E-state index contributed by atoms with van der Waals surface area (Å²) in [6.07, 6.45) is 5.21. The Morgan fingerprint density at radius 1 is 1.12 bits per heavy atom. The molecule has 0 spiro atoms. The molecular weight excluding hydrogens is 344 g/mol. The normalized spacial score (nSPS) is 15.2. The number of rotatable bonds is 8. The second-order valence-corrected chi connectivity index (χ2v) is 6.27. The number of benzene rings is 1.